The fourth-order valence-corrected chi connectivity index (χ4v) is 0.896. The molecule has 1 heterocycles. The lowest BCUT2D eigenvalue weighted by Crippen LogP contribution is -2.08. The van der Waals surface area contributed by atoms with E-state index in [2.05, 4.69) is 15.5 Å². The Morgan fingerprint density at radius 1 is 1.67 bits per heavy atom. The van der Waals surface area contributed by atoms with Gasteiger partial charge in [-0.05, 0) is 0 Å². The van der Waals surface area contributed by atoms with Gasteiger partial charge in [0.2, 0.25) is 11.0 Å². The van der Waals surface area contributed by atoms with E-state index >= 15 is 0 Å². The first kappa shape index (κ1) is 11.0. The van der Waals surface area contributed by atoms with Crippen LogP contribution in [0, 0.1) is 0 Å². The molecular formula is C7H13N3OS. The largest absolute Gasteiger partial charge is 0.301 e. The Hall–Kier alpha value is -0.970. The van der Waals surface area contributed by atoms with E-state index in [1.54, 1.807) is 12.4 Å². The van der Waals surface area contributed by atoms with Crippen molar-refractivity contribution in [3.05, 3.63) is 5.51 Å². The first-order valence-electron chi connectivity index (χ1n) is 3.89. The minimum Gasteiger partial charge on any atom is -0.301 e. The van der Waals surface area contributed by atoms with Crippen molar-refractivity contribution in [1.82, 2.24) is 10.2 Å². The van der Waals surface area contributed by atoms with E-state index in [-0.39, 0.29) is 5.91 Å². The van der Waals surface area contributed by atoms with Crippen LogP contribution in [-0.2, 0) is 4.79 Å². The van der Waals surface area contributed by atoms with Crippen molar-refractivity contribution in [2.45, 2.75) is 27.2 Å². The molecule has 0 saturated carbocycles. The van der Waals surface area contributed by atoms with Crippen molar-refractivity contribution in [2.24, 2.45) is 0 Å². The molecule has 0 saturated heterocycles. The number of nitrogens with one attached hydrogen (secondary N) is 1. The molecule has 1 amide bonds. The summed E-state index contributed by atoms with van der Waals surface area (Å²) in [6.07, 6.45) is 0.472. The lowest BCUT2D eigenvalue weighted by atomic mass is 10.5. The summed E-state index contributed by atoms with van der Waals surface area (Å²) in [6, 6.07) is 0. The summed E-state index contributed by atoms with van der Waals surface area (Å²) < 4.78 is 0. The predicted octanol–water partition coefficient (Wildman–Crippen LogP) is 1.91. The molecule has 0 aliphatic carbocycles. The summed E-state index contributed by atoms with van der Waals surface area (Å²) >= 11 is 1.31. The van der Waals surface area contributed by atoms with Crippen LogP contribution in [0.2, 0.25) is 0 Å². The third-order valence-corrected chi connectivity index (χ3v) is 1.53. The second-order valence-electron chi connectivity index (χ2n) is 1.65. The van der Waals surface area contributed by atoms with Crippen LogP contribution in [0.3, 0.4) is 0 Å². The molecule has 4 nitrogen and oxygen atoms in total. The highest BCUT2D eigenvalue weighted by Crippen LogP contribution is 2.07. The molecule has 0 spiro atoms. The summed E-state index contributed by atoms with van der Waals surface area (Å²) in [4.78, 5) is 10.7. The molecule has 0 aromatic carbocycles. The van der Waals surface area contributed by atoms with Gasteiger partial charge in [-0.3, -0.25) is 4.79 Å². The number of carbonyl (C=O) groups excluding carboxylic acids is 1. The van der Waals surface area contributed by atoms with E-state index in [4.69, 9.17) is 0 Å². The van der Waals surface area contributed by atoms with Crippen LogP contribution in [0.25, 0.3) is 0 Å². The average molecular weight is 187 g/mol. The van der Waals surface area contributed by atoms with Crippen molar-refractivity contribution < 1.29 is 4.79 Å². The van der Waals surface area contributed by atoms with Gasteiger partial charge in [-0.2, -0.15) is 0 Å². The Morgan fingerprint density at radius 3 is 2.75 bits per heavy atom. The zero-order chi connectivity index (χ0) is 9.40. The summed E-state index contributed by atoms with van der Waals surface area (Å²) in [5.41, 5.74) is 1.57. The van der Waals surface area contributed by atoms with Crippen LogP contribution in [0.15, 0.2) is 5.51 Å². The molecule has 12 heavy (non-hydrogen) atoms. The fraction of sp³-hybridized carbons (Fsp3) is 0.571. The van der Waals surface area contributed by atoms with Gasteiger partial charge < -0.3 is 5.32 Å². The van der Waals surface area contributed by atoms with Crippen LogP contribution >= 0.6 is 11.3 Å². The molecule has 0 unspecified atom stereocenters. The van der Waals surface area contributed by atoms with Gasteiger partial charge in [0.15, 0.2) is 0 Å². The quantitative estimate of drug-likeness (QED) is 0.769. The van der Waals surface area contributed by atoms with Crippen molar-refractivity contribution in [2.75, 3.05) is 5.32 Å². The smallest absolute Gasteiger partial charge is 0.225 e. The SMILES string of the molecule is CC.CCC(=O)Nc1nncs1. The van der Waals surface area contributed by atoms with Gasteiger partial charge in [0.05, 0.1) is 0 Å². The minimum atomic E-state index is -0.0308. The van der Waals surface area contributed by atoms with Crippen LogP contribution in [0.5, 0.6) is 0 Å². The molecule has 1 rings (SSSR count). The van der Waals surface area contributed by atoms with Gasteiger partial charge in [0.1, 0.15) is 5.51 Å². The van der Waals surface area contributed by atoms with Crippen LogP contribution in [0.4, 0.5) is 5.13 Å². The maximum absolute atomic E-state index is 10.7. The lowest BCUT2D eigenvalue weighted by molar-refractivity contribution is -0.115. The molecular weight excluding hydrogens is 174 g/mol. The normalized spacial score (nSPS) is 8.25. The van der Waals surface area contributed by atoms with Crippen LogP contribution in [-0.4, -0.2) is 16.1 Å². The van der Waals surface area contributed by atoms with E-state index in [0.29, 0.717) is 11.6 Å². The molecule has 1 aromatic rings. The van der Waals surface area contributed by atoms with E-state index in [1.165, 1.54) is 11.3 Å². The number of hydrogen-bond acceptors (Lipinski definition) is 4. The third-order valence-electron chi connectivity index (χ3n) is 0.928. The van der Waals surface area contributed by atoms with Crippen molar-refractivity contribution in [3.63, 3.8) is 0 Å². The average Bonchev–Trinajstić information content (AvgIpc) is 2.60. The van der Waals surface area contributed by atoms with E-state index in [1.807, 2.05) is 13.8 Å². The number of hydrogen-bond donors (Lipinski definition) is 1. The maximum Gasteiger partial charge on any atom is 0.225 e. The Bertz CT molecular complexity index is 210. The molecule has 5 heteroatoms. The third kappa shape index (κ3) is 4.02. The Balaban J connectivity index is 0.000000561. The first-order chi connectivity index (χ1) is 5.83. The Morgan fingerprint density at radius 2 is 2.33 bits per heavy atom. The van der Waals surface area contributed by atoms with E-state index in [9.17, 15) is 4.79 Å². The molecule has 0 radical (unpaired) electrons. The zero-order valence-corrected chi connectivity index (χ0v) is 8.31. The lowest BCUT2D eigenvalue weighted by Gasteiger charge is -1.93. The first-order valence-corrected chi connectivity index (χ1v) is 4.77. The molecule has 0 bridgehead atoms. The summed E-state index contributed by atoms with van der Waals surface area (Å²) in [5.74, 6) is -0.0308. The predicted molar refractivity (Wildman–Crippen MR) is 50.2 cm³/mol. The summed E-state index contributed by atoms with van der Waals surface area (Å²) in [5, 5.41) is 10.3. The summed E-state index contributed by atoms with van der Waals surface area (Å²) in [7, 11) is 0. The van der Waals surface area contributed by atoms with Gasteiger partial charge in [-0.25, -0.2) is 0 Å². The molecule has 0 atom stereocenters. The van der Waals surface area contributed by atoms with E-state index < -0.39 is 0 Å². The molecule has 1 aromatic heterocycles. The Kier molecular flexibility index (Phi) is 6.18. The highest BCUT2D eigenvalue weighted by atomic mass is 32.1. The molecule has 0 aliphatic rings. The second kappa shape index (κ2) is 6.72. The van der Waals surface area contributed by atoms with Crippen molar-refractivity contribution >= 4 is 22.4 Å². The monoisotopic (exact) mass is 187 g/mol. The highest BCUT2D eigenvalue weighted by molar-refractivity contribution is 7.13. The zero-order valence-electron chi connectivity index (χ0n) is 7.50. The number of rotatable bonds is 2. The molecule has 1 N–H and O–H groups in total. The van der Waals surface area contributed by atoms with Gasteiger partial charge in [0.25, 0.3) is 0 Å². The molecule has 68 valence electrons. The van der Waals surface area contributed by atoms with Gasteiger partial charge in [-0.1, -0.05) is 32.1 Å². The highest BCUT2D eigenvalue weighted by Gasteiger charge is 1.99. The van der Waals surface area contributed by atoms with Gasteiger partial charge >= 0.3 is 0 Å². The minimum absolute atomic E-state index is 0.0308. The molecule has 0 aliphatic heterocycles. The van der Waals surface area contributed by atoms with Gasteiger partial charge in [-0.15, -0.1) is 10.2 Å². The number of aromatic nitrogens is 2. The standard InChI is InChI=1S/C5H7N3OS.C2H6/c1-2-4(9)7-5-8-6-3-10-5;1-2/h3H,2H2,1H3,(H,7,8,9);1-2H3. The number of amides is 1. The van der Waals surface area contributed by atoms with Crippen LogP contribution in [0.1, 0.15) is 27.2 Å². The maximum atomic E-state index is 10.7. The van der Waals surface area contributed by atoms with Crippen LogP contribution < -0.4 is 5.32 Å². The van der Waals surface area contributed by atoms with E-state index in [0.717, 1.165) is 0 Å². The van der Waals surface area contributed by atoms with Gasteiger partial charge in [0, 0.05) is 6.42 Å². The second-order valence-corrected chi connectivity index (χ2v) is 2.48. The summed E-state index contributed by atoms with van der Waals surface area (Å²) in [6.45, 7) is 5.79. The Labute approximate surface area is 76.0 Å². The topological polar surface area (TPSA) is 54.9 Å². The molecule has 0 fully saturated rings. The number of carbonyl (C=O) groups is 1. The van der Waals surface area contributed by atoms with Crippen molar-refractivity contribution in [3.8, 4) is 0 Å². The fourth-order valence-electron chi connectivity index (χ4n) is 0.435. The number of anilines is 1. The van der Waals surface area contributed by atoms with Crippen molar-refractivity contribution in [1.29, 1.82) is 0 Å². The number of nitrogens with zero attached hydrogens (tertiary/aromatic N) is 2.